The van der Waals surface area contributed by atoms with Gasteiger partial charge in [-0.25, -0.2) is 0 Å². The van der Waals surface area contributed by atoms with Crippen LogP contribution in [0.15, 0.2) is 18.2 Å². The van der Waals surface area contributed by atoms with Gasteiger partial charge in [0, 0.05) is 31.4 Å². The molecule has 1 aromatic rings. The van der Waals surface area contributed by atoms with Crippen LogP contribution in [0.4, 0.5) is 0 Å². The Labute approximate surface area is 397 Å². The van der Waals surface area contributed by atoms with Crippen LogP contribution in [0.2, 0.25) is 33.2 Å². The van der Waals surface area contributed by atoms with E-state index in [-0.39, 0.29) is 0 Å². The number of unbranched alkanes of at least 4 members (excludes halogenated alkanes) is 22. The maximum absolute atomic E-state index is 6.75. The van der Waals surface area contributed by atoms with Gasteiger partial charge in [0.05, 0.1) is 13.2 Å². The number of rotatable bonds is 44. The topological polar surface area (TPSA) is 49.0 Å². The second kappa shape index (κ2) is 37.2. The normalized spacial score (nSPS) is 12.7. The van der Waals surface area contributed by atoms with Crippen LogP contribution in [-0.4, -0.2) is 49.6 Å². The van der Waals surface area contributed by atoms with Gasteiger partial charge in [-0.05, 0) is 78.0 Å². The second-order valence-corrected chi connectivity index (χ2v) is 32.4. The van der Waals surface area contributed by atoms with Crippen molar-refractivity contribution >= 4 is 16.6 Å². The van der Waals surface area contributed by atoms with E-state index in [1.165, 1.54) is 147 Å². The zero-order valence-electron chi connectivity index (χ0n) is 44.7. The van der Waals surface area contributed by atoms with Crippen LogP contribution in [-0.2, 0) is 15.4 Å². The monoisotopic (exact) mass is 918 g/mol. The Hall–Kier alpha value is -0.866. The number of benzene rings is 1. The Morgan fingerprint density at radius 1 is 0.397 bits per heavy atom. The molecule has 0 aliphatic carbocycles. The Morgan fingerprint density at radius 2 is 0.698 bits per heavy atom. The van der Waals surface area contributed by atoms with E-state index >= 15 is 0 Å². The van der Waals surface area contributed by atoms with Crippen LogP contribution in [0, 0.1) is 0 Å². The van der Waals surface area contributed by atoms with E-state index in [1.54, 1.807) is 0 Å². The average Bonchev–Trinajstić information content (AvgIpc) is 3.23. The fourth-order valence-electron chi connectivity index (χ4n) is 11.1. The summed E-state index contributed by atoms with van der Waals surface area (Å²) in [6.45, 7) is 36.3. The minimum atomic E-state index is -1.69. The third-order valence-corrected chi connectivity index (χ3v) is 26.7. The highest BCUT2D eigenvalue weighted by molar-refractivity contribution is 6.78. The summed E-state index contributed by atoms with van der Waals surface area (Å²) in [7, 11) is -3.39. The lowest BCUT2D eigenvalue weighted by Crippen LogP contribution is -2.47. The Morgan fingerprint density at radius 3 is 1.02 bits per heavy atom. The molecule has 0 fully saturated rings. The molecule has 0 aliphatic heterocycles. The van der Waals surface area contributed by atoms with Crippen molar-refractivity contribution in [2.75, 3.05) is 33.0 Å². The summed E-state index contributed by atoms with van der Waals surface area (Å²) >= 11 is 0. The predicted molar refractivity (Wildman–Crippen MR) is 284 cm³/mol. The van der Waals surface area contributed by atoms with Crippen LogP contribution in [0.5, 0.6) is 11.5 Å². The van der Waals surface area contributed by atoms with Gasteiger partial charge >= 0.3 is 0 Å². The Bertz CT molecular complexity index is 1140. The molecule has 0 radical (unpaired) electrons. The first-order valence-electron chi connectivity index (χ1n) is 27.6. The van der Waals surface area contributed by atoms with Gasteiger partial charge in [0.15, 0.2) is 16.6 Å². The van der Waals surface area contributed by atoms with Gasteiger partial charge in [-0.1, -0.05) is 224 Å². The van der Waals surface area contributed by atoms with E-state index in [0.29, 0.717) is 33.2 Å². The molecule has 5 nitrogen and oxygen atoms in total. The van der Waals surface area contributed by atoms with Gasteiger partial charge in [0.1, 0.15) is 11.5 Å². The number of ether oxygens (including phenoxy) is 2. The third-order valence-electron chi connectivity index (χ3n) is 14.5. The highest BCUT2D eigenvalue weighted by Crippen LogP contribution is 2.43. The maximum Gasteiger partial charge on any atom is 0.200 e. The van der Waals surface area contributed by atoms with Crippen LogP contribution < -0.4 is 14.8 Å². The molecule has 0 aliphatic rings. The quantitative estimate of drug-likeness (QED) is 0.0522. The first-order valence-corrected chi connectivity index (χ1v) is 31.9. The minimum absolute atomic E-state index is 0.685. The van der Waals surface area contributed by atoms with Gasteiger partial charge in [0.25, 0.3) is 0 Å². The largest absolute Gasteiger partial charge is 0.493 e. The average molecular weight is 919 g/mol. The Kier molecular flexibility index (Phi) is 35.5. The van der Waals surface area contributed by atoms with E-state index in [0.717, 1.165) is 70.3 Å². The summed E-state index contributed by atoms with van der Waals surface area (Å²) in [6, 6.07) is 6.48. The molecule has 1 N–H and O–H groups in total. The molecule has 1 rings (SSSR count). The minimum Gasteiger partial charge on any atom is -0.493 e. The summed E-state index contributed by atoms with van der Waals surface area (Å²) in [4.78, 5) is 0. The smallest absolute Gasteiger partial charge is 0.200 e. The standard InChI is InChI=1S/C56H111NO4Si2/c1-14-41-57-47-54-39-40-55(58-42-35-31-27-23-19-15-17-21-25-29-33-37-44-60-62(48(2)3,49(4)5)50(6)7)46-56(54)59-43-36-32-28-24-20-16-18-22-26-30-34-38-45-61-63(51(8)9,52(10)11)53(12)13/h39-40,46,48-53,57H,14-38,41-45,47H2,1-13H3. The highest BCUT2D eigenvalue weighted by Gasteiger charge is 2.45. The molecule has 0 aromatic heterocycles. The number of hydrogen-bond donors (Lipinski definition) is 1. The van der Waals surface area contributed by atoms with Crippen LogP contribution in [0.1, 0.15) is 256 Å². The fourth-order valence-corrected chi connectivity index (χ4v) is 22.1. The van der Waals surface area contributed by atoms with E-state index in [1.807, 2.05) is 0 Å². The van der Waals surface area contributed by atoms with E-state index in [4.69, 9.17) is 18.3 Å². The zero-order valence-corrected chi connectivity index (χ0v) is 46.7. The molecule has 1 aromatic carbocycles. The lowest BCUT2D eigenvalue weighted by atomic mass is 10.1. The SMILES string of the molecule is CCCNCc1ccc(OCCCCCCCCCCCCCCO[Si](C(C)C)(C(C)C)C(C)C)cc1OCCCCCCCCCCCCCCO[Si](C(C)C)(C(C)C)C(C)C. The van der Waals surface area contributed by atoms with Crippen LogP contribution in [0.25, 0.3) is 0 Å². The zero-order chi connectivity index (χ0) is 46.8. The lowest BCUT2D eigenvalue weighted by Gasteiger charge is -2.42. The van der Waals surface area contributed by atoms with Gasteiger partial charge in [-0.3, -0.25) is 0 Å². The lowest BCUT2D eigenvalue weighted by molar-refractivity contribution is 0.267. The summed E-state index contributed by atoms with van der Waals surface area (Å²) in [5.41, 5.74) is 5.35. The molecule has 0 spiro atoms. The van der Waals surface area contributed by atoms with Gasteiger partial charge in [-0.2, -0.15) is 0 Å². The maximum atomic E-state index is 6.75. The molecular weight excluding hydrogens is 807 g/mol. The van der Waals surface area contributed by atoms with Crippen molar-refractivity contribution in [2.24, 2.45) is 0 Å². The molecule has 7 heteroatoms. The fraction of sp³-hybridized carbons (Fsp3) is 0.893. The van der Waals surface area contributed by atoms with Gasteiger partial charge < -0.3 is 23.6 Å². The molecule has 0 unspecified atom stereocenters. The number of nitrogens with one attached hydrogen (secondary N) is 1. The van der Waals surface area contributed by atoms with Crippen molar-refractivity contribution < 1.29 is 18.3 Å². The second-order valence-electron chi connectivity index (χ2n) is 21.5. The van der Waals surface area contributed by atoms with Crippen molar-refractivity contribution in [3.05, 3.63) is 23.8 Å². The van der Waals surface area contributed by atoms with E-state index in [9.17, 15) is 0 Å². The Balaban J connectivity index is 2.14. The molecule has 63 heavy (non-hydrogen) atoms. The van der Waals surface area contributed by atoms with Crippen molar-refractivity contribution in [2.45, 2.75) is 290 Å². The molecule has 0 heterocycles. The van der Waals surface area contributed by atoms with Crippen LogP contribution in [0.3, 0.4) is 0 Å². The van der Waals surface area contributed by atoms with Crippen LogP contribution >= 0.6 is 0 Å². The molecule has 0 saturated heterocycles. The summed E-state index contributed by atoms with van der Waals surface area (Å²) in [5, 5.41) is 3.56. The van der Waals surface area contributed by atoms with Crippen molar-refractivity contribution in [1.82, 2.24) is 5.32 Å². The summed E-state index contributed by atoms with van der Waals surface area (Å²) in [6.07, 6.45) is 33.0. The van der Waals surface area contributed by atoms with E-state index < -0.39 is 16.6 Å². The third kappa shape index (κ3) is 24.6. The molecule has 0 saturated carbocycles. The molecule has 0 amide bonds. The van der Waals surface area contributed by atoms with E-state index in [2.05, 4.69) is 114 Å². The molecular formula is C56H111NO4Si2. The summed E-state index contributed by atoms with van der Waals surface area (Å²) in [5.74, 6) is 1.95. The first-order chi connectivity index (χ1) is 30.3. The van der Waals surface area contributed by atoms with Crippen molar-refractivity contribution in [3.63, 3.8) is 0 Å². The first kappa shape index (κ1) is 60.1. The number of hydrogen-bond acceptors (Lipinski definition) is 5. The van der Waals surface area contributed by atoms with Crippen molar-refractivity contribution in [3.8, 4) is 11.5 Å². The van der Waals surface area contributed by atoms with Crippen molar-refractivity contribution in [1.29, 1.82) is 0 Å². The molecule has 372 valence electrons. The molecule has 0 atom stereocenters. The van der Waals surface area contributed by atoms with Gasteiger partial charge in [-0.15, -0.1) is 0 Å². The predicted octanol–water partition coefficient (Wildman–Crippen LogP) is 18.7. The molecule has 0 bridgehead atoms. The highest BCUT2D eigenvalue weighted by atomic mass is 28.4. The summed E-state index contributed by atoms with van der Waals surface area (Å²) < 4.78 is 26.1. The van der Waals surface area contributed by atoms with Gasteiger partial charge in [0.2, 0.25) is 0 Å².